The number of carbonyl (C=O) groups is 2. The van der Waals surface area contributed by atoms with E-state index in [-0.39, 0.29) is 17.6 Å². The minimum atomic E-state index is -1.04. The van der Waals surface area contributed by atoms with Gasteiger partial charge in [0.15, 0.2) is 0 Å². The van der Waals surface area contributed by atoms with Gasteiger partial charge in [0.25, 0.3) is 0 Å². The molecule has 0 saturated carbocycles. The monoisotopic (exact) mass is 206 g/mol. The van der Waals surface area contributed by atoms with Crippen LogP contribution in [0, 0.1) is 0 Å². The summed E-state index contributed by atoms with van der Waals surface area (Å²) in [7, 11) is 0. The molecular formula is C11H10O4. The molecule has 0 aromatic heterocycles. The minimum absolute atomic E-state index is 0.0816. The summed E-state index contributed by atoms with van der Waals surface area (Å²) in [6, 6.07) is 6.04. The number of hydrogen-bond acceptors (Lipinski definition) is 2. The summed E-state index contributed by atoms with van der Waals surface area (Å²) in [5, 5.41) is 17.2. The molecule has 0 amide bonds. The second kappa shape index (κ2) is 4.41. The Hall–Kier alpha value is -2.10. The Morgan fingerprint density at radius 2 is 1.67 bits per heavy atom. The number of aliphatic carboxylic acids is 1. The SMILES string of the molecule is C=C(Cc1ccc(C(=O)O)cc1)C(=O)O. The molecule has 0 heterocycles. The minimum Gasteiger partial charge on any atom is -0.478 e. The first-order chi connectivity index (χ1) is 7.00. The Kier molecular flexibility index (Phi) is 3.23. The van der Waals surface area contributed by atoms with E-state index < -0.39 is 11.9 Å². The summed E-state index contributed by atoms with van der Waals surface area (Å²) in [4.78, 5) is 21.0. The molecule has 0 aliphatic rings. The highest BCUT2D eigenvalue weighted by molar-refractivity contribution is 5.88. The van der Waals surface area contributed by atoms with E-state index in [9.17, 15) is 9.59 Å². The van der Waals surface area contributed by atoms with Crippen LogP contribution in [0.25, 0.3) is 0 Å². The number of carboxylic acids is 2. The maximum atomic E-state index is 10.5. The molecule has 1 aromatic rings. The quantitative estimate of drug-likeness (QED) is 0.733. The van der Waals surface area contributed by atoms with Crippen LogP contribution in [-0.4, -0.2) is 22.2 Å². The third kappa shape index (κ3) is 2.95. The number of rotatable bonds is 4. The maximum absolute atomic E-state index is 10.5. The van der Waals surface area contributed by atoms with E-state index in [1.165, 1.54) is 12.1 Å². The molecule has 4 heteroatoms. The Labute approximate surface area is 86.5 Å². The molecule has 1 rings (SSSR count). The molecule has 0 atom stereocenters. The van der Waals surface area contributed by atoms with Crippen molar-refractivity contribution in [3.63, 3.8) is 0 Å². The van der Waals surface area contributed by atoms with Crippen molar-refractivity contribution < 1.29 is 19.8 Å². The van der Waals surface area contributed by atoms with Crippen LogP contribution in [0.2, 0.25) is 0 Å². The second-order valence-corrected chi connectivity index (χ2v) is 3.09. The van der Waals surface area contributed by atoms with Crippen LogP contribution < -0.4 is 0 Å². The van der Waals surface area contributed by atoms with Crippen LogP contribution in [0.1, 0.15) is 15.9 Å². The Morgan fingerprint density at radius 3 is 2.07 bits per heavy atom. The van der Waals surface area contributed by atoms with E-state index in [1.807, 2.05) is 0 Å². The smallest absolute Gasteiger partial charge is 0.335 e. The van der Waals surface area contributed by atoms with Gasteiger partial charge in [0.05, 0.1) is 5.56 Å². The fourth-order valence-corrected chi connectivity index (χ4v) is 1.09. The van der Waals surface area contributed by atoms with Gasteiger partial charge in [0, 0.05) is 12.0 Å². The lowest BCUT2D eigenvalue weighted by molar-refractivity contribution is -0.132. The molecule has 78 valence electrons. The van der Waals surface area contributed by atoms with E-state index >= 15 is 0 Å². The standard InChI is InChI=1S/C11H10O4/c1-7(10(12)13)6-8-2-4-9(5-3-8)11(14)15/h2-5H,1,6H2,(H,12,13)(H,14,15). The van der Waals surface area contributed by atoms with Crippen LogP contribution in [0.15, 0.2) is 36.4 Å². The molecule has 0 aliphatic carbocycles. The lowest BCUT2D eigenvalue weighted by atomic mass is 10.0. The van der Waals surface area contributed by atoms with Gasteiger partial charge in [-0.15, -0.1) is 0 Å². The van der Waals surface area contributed by atoms with Crippen molar-refractivity contribution in [2.24, 2.45) is 0 Å². The van der Waals surface area contributed by atoms with E-state index in [0.717, 1.165) is 5.56 Å². The predicted octanol–water partition coefficient (Wildman–Crippen LogP) is 1.57. The molecule has 0 spiro atoms. The molecule has 4 nitrogen and oxygen atoms in total. The fraction of sp³-hybridized carbons (Fsp3) is 0.0909. The fourth-order valence-electron chi connectivity index (χ4n) is 1.09. The van der Waals surface area contributed by atoms with Gasteiger partial charge in [0.2, 0.25) is 0 Å². The molecule has 0 unspecified atom stereocenters. The van der Waals surface area contributed by atoms with E-state index in [0.29, 0.717) is 0 Å². The van der Waals surface area contributed by atoms with Crippen LogP contribution >= 0.6 is 0 Å². The van der Waals surface area contributed by atoms with E-state index in [4.69, 9.17) is 10.2 Å². The van der Waals surface area contributed by atoms with Crippen molar-refractivity contribution >= 4 is 11.9 Å². The molecule has 1 aromatic carbocycles. The highest BCUT2D eigenvalue weighted by Crippen LogP contribution is 2.09. The predicted molar refractivity (Wildman–Crippen MR) is 53.9 cm³/mol. The number of carboxylic acid groups (broad SMARTS) is 2. The highest BCUT2D eigenvalue weighted by Gasteiger charge is 2.06. The van der Waals surface area contributed by atoms with Crippen molar-refractivity contribution in [3.05, 3.63) is 47.5 Å². The maximum Gasteiger partial charge on any atom is 0.335 e. The second-order valence-electron chi connectivity index (χ2n) is 3.09. The van der Waals surface area contributed by atoms with Gasteiger partial charge in [-0.1, -0.05) is 18.7 Å². The molecule has 0 bridgehead atoms. The van der Waals surface area contributed by atoms with Crippen molar-refractivity contribution in [2.45, 2.75) is 6.42 Å². The number of hydrogen-bond donors (Lipinski definition) is 2. The summed E-state index contributed by atoms with van der Waals surface area (Å²) >= 11 is 0. The lowest BCUT2D eigenvalue weighted by Crippen LogP contribution is -2.02. The van der Waals surface area contributed by atoms with E-state index in [2.05, 4.69) is 6.58 Å². The zero-order chi connectivity index (χ0) is 11.4. The summed E-state index contributed by atoms with van der Waals surface area (Å²) in [5.41, 5.74) is 0.991. The Balaban J connectivity index is 2.77. The van der Waals surface area contributed by atoms with Crippen LogP contribution in [-0.2, 0) is 11.2 Å². The van der Waals surface area contributed by atoms with Gasteiger partial charge in [0.1, 0.15) is 0 Å². The van der Waals surface area contributed by atoms with Gasteiger partial charge in [-0.3, -0.25) is 0 Å². The first-order valence-corrected chi connectivity index (χ1v) is 4.24. The molecular weight excluding hydrogens is 196 g/mol. The third-order valence-electron chi connectivity index (χ3n) is 1.92. The van der Waals surface area contributed by atoms with Crippen molar-refractivity contribution in [1.29, 1.82) is 0 Å². The normalized spacial score (nSPS) is 9.60. The van der Waals surface area contributed by atoms with Crippen molar-refractivity contribution in [2.75, 3.05) is 0 Å². The van der Waals surface area contributed by atoms with Gasteiger partial charge in [-0.05, 0) is 17.7 Å². The summed E-state index contributed by atoms with van der Waals surface area (Å²) < 4.78 is 0. The zero-order valence-corrected chi connectivity index (χ0v) is 7.93. The summed E-state index contributed by atoms with van der Waals surface area (Å²) in [6.07, 6.45) is 0.217. The number of benzene rings is 1. The van der Waals surface area contributed by atoms with Crippen molar-refractivity contribution in [1.82, 2.24) is 0 Å². The number of aromatic carboxylic acids is 1. The molecule has 15 heavy (non-hydrogen) atoms. The first-order valence-electron chi connectivity index (χ1n) is 4.24. The molecule has 0 saturated heterocycles. The average Bonchev–Trinajstić information content (AvgIpc) is 2.18. The third-order valence-corrected chi connectivity index (χ3v) is 1.92. The van der Waals surface area contributed by atoms with Crippen LogP contribution in [0.3, 0.4) is 0 Å². The van der Waals surface area contributed by atoms with Gasteiger partial charge in [-0.25, -0.2) is 9.59 Å². The van der Waals surface area contributed by atoms with Crippen molar-refractivity contribution in [3.8, 4) is 0 Å². The van der Waals surface area contributed by atoms with Gasteiger partial charge < -0.3 is 10.2 Å². The van der Waals surface area contributed by atoms with Gasteiger partial charge >= 0.3 is 11.9 Å². The summed E-state index contributed by atoms with van der Waals surface area (Å²) in [5.74, 6) is -2.05. The van der Waals surface area contributed by atoms with Crippen LogP contribution in [0.5, 0.6) is 0 Å². The first kappa shape index (κ1) is 11.0. The largest absolute Gasteiger partial charge is 0.478 e. The van der Waals surface area contributed by atoms with Crippen LogP contribution in [0.4, 0.5) is 0 Å². The Bertz CT molecular complexity index is 403. The zero-order valence-electron chi connectivity index (χ0n) is 7.93. The molecule has 0 aliphatic heterocycles. The average molecular weight is 206 g/mol. The Morgan fingerprint density at radius 1 is 1.13 bits per heavy atom. The lowest BCUT2D eigenvalue weighted by Gasteiger charge is -2.01. The highest BCUT2D eigenvalue weighted by atomic mass is 16.4. The molecule has 0 fully saturated rings. The topological polar surface area (TPSA) is 74.6 Å². The molecule has 2 N–H and O–H groups in total. The summed E-state index contributed by atoms with van der Waals surface area (Å²) in [6.45, 7) is 3.39. The molecule has 0 radical (unpaired) electrons. The van der Waals surface area contributed by atoms with E-state index in [1.54, 1.807) is 12.1 Å². The van der Waals surface area contributed by atoms with Gasteiger partial charge in [-0.2, -0.15) is 0 Å².